The molecule has 0 aliphatic carbocycles. The minimum Gasteiger partial charge on any atom is -0.478 e. The Labute approximate surface area is 107 Å². The van der Waals surface area contributed by atoms with E-state index in [4.69, 9.17) is 16.3 Å². The van der Waals surface area contributed by atoms with Gasteiger partial charge in [0.1, 0.15) is 12.5 Å². The van der Waals surface area contributed by atoms with Crippen LogP contribution in [0.4, 0.5) is 0 Å². The van der Waals surface area contributed by atoms with Crippen molar-refractivity contribution in [1.82, 2.24) is 4.90 Å². The molecule has 0 bridgehead atoms. The van der Waals surface area contributed by atoms with Crippen LogP contribution in [-0.2, 0) is 0 Å². The highest BCUT2D eigenvalue weighted by atomic mass is 35.5. The highest BCUT2D eigenvalue weighted by Gasteiger charge is 2.02. The number of nitrogens with zero attached hydrogens (tertiary/aromatic N) is 1. The van der Waals surface area contributed by atoms with Gasteiger partial charge in [-0.25, -0.2) is 0 Å². The standard InChI is InChI=1S/C13H18ClNO2/c1-3-4-9-15(2)10-17-12-7-5-11(6-8-12)13(14)16/h5-8H,3-4,9-10H2,1-2H3. The van der Waals surface area contributed by atoms with Gasteiger partial charge in [0.05, 0.1) is 0 Å². The second-order valence-electron chi connectivity index (χ2n) is 4.00. The molecule has 0 fully saturated rings. The minimum absolute atomic E-state index is 0.448. The van der Waals surface area contributed by atoms with Gasteiger partial charge in [0.25, 0.3) is 5.24 Å². The molecule has 0 unspecified atom stereocenters. The SMILES string of the molecule is CCCCN(C)COc1ccc(C(=O)Cl)cc1. The maximum atomic E-state index is 10.9. The number of halogens is 1. The average Bonchev–Trinajstić information content (AvgIpc) is 2.34. The van der Waals surface area contributed by atoms with E-state index in [9.17, 15) is 4.79 Å². The molecular formula is C13H18ClNO2. The zero-order valence-electron chi connectivity index (χ0n) is 10.3. The van der Waals surface area contributed by atoms with Crippen LogP contribution in [-0.4, -0.2) is 30.5 Å². The lowest BCUT2D eigenvalue weighted by atomic mass is 10.2. The Balaban J connectivity index is 2.39. The van der Waals surface area contributed by atoms with Gasteiger partial charge in [-0.05, 0) is 49.3 Å². The fourth-order valence-corrected chi connectivity index (χ4v) is 1.49. The van der Waals surface area contributed by atoms with E-state index < -0.39 is 5.24 Å². The van der Waals surface area contributed by atoms with Crippen LogP contribution < -0.4 is 4.74 Å². The first-order valence-electron chi connectivity index (χ1n) is 5.74. The first kappa shape index (κ1) is 14.0. The average molecular weight is 256 g/mol. The van der Waals surface area contributed by atoms with E-state index in [1.165, 1.54) is 12.8 Å². The van der Waals surface area contributed by atoms with Gasteiger partial charge in [0.2, 0.25) is 0 Å². The van der Waals surface area contributed by atoms with Crippen LogP contribution in [0.5, 0.6) is 5.75 Å². The largest absolute Gasteiger partial charge is 0.478 e. The number of rotatable bonds is 7. The van der Waals surface area contributed by atoms with Crippen LogP contribution in [0.2, 0.25) is 0 Å². The van der Waals surface area contributed by atoms with E-state index in [1.807, 2.05) is 7.05 Å². The smallest absolute Gasteiger partial charge is 0.252 e. The van der Waals surface area contributed by atoms with Crippen LogP contribution in [0.3, 0.4) is 0 Å². The molecule has 0 aromatic heterocycles. The van der Waals surface area contributed by atoms with E-state index >= 15 is 0 Å². The molecule has 0 saturated heterocycles. The fraction of sp³-hybridized carbons (Fsp3) is 0.462. The van der Waals surface area contributed by atoms with Crippen LogP contribution in [0.25, 0.3) is 0 Å². The minimum atomic E-state index is -0.448. The van der Waals surface area contributed by atoms with Crippen molar-refractivity contribution in [2.45, 2.75) is 19.8 Å². The lowest BCUT2D eigenvalue weighted by molar-refractivity contribution is 0.108. The molecule has 0 spiro atoms. The molecule has 0 amide bonds. The van der Waals surface area contributed by atoms with Crippen molar-refractivity contribution < 1.29 is 9.53 Å². The third-order valence-corrected chi connectivity index (χ3v) is 2.64. The van der Waals surface area contributed by atoms with E-state index in [-0.39, 0.29) is 0 Å². The van der Waals surface area contributed by atoms with Gasteiger partial charge in [0, 0.05) is 12.1 Å². The van der Waals surface area contributed by atoms with Crippen molar-refractivity contribution in [1.29, 1.82) is 0 Å². The summed E-state index contributed by atoms with van der Waals surface area (Å²) in [4.78, 5) is 13.0. The number of benzene rings is 1. The quantitative estimate of drug-likeness (QED) is 0.554. The summed E-state index contributed by atoms with van der Waals surface area (Å²) in [5.41, 5.74) is 0.485. The third-order valence-electron chi connectivity index (χ3n) is 2.43. The first-order chi connectivity index (χ1) is 8.13. The summed E-state index contributed by atoms with van der Waals surface area (Å²) in [6, 6.07) is 6.83. The predicted octanol–water partition coefficient (Wildman–Crippen LogP) is 3.13. The molecule has 0 saturated carbocycles. The van der Waals surface area contributed by atoms with E-state index in [2.05, 4.69) is 11.8 Å². The lowest BCUT2D eigenvalue weighted by Gasteiger charge is -2.16. The number of carbonyl (C=O) groups is 1. The van der Waals surface area contributed by atoms with E-state index in [0.29, 0.717) is 12.3 Å². The van der Waals surface area contributed by atoms with Crippen molar-refractivity contribution >= 4 is 16.8 Å². The molecular weight excluding hydrogens is 238 g/mol. The summed E-state index contributed by atoms with van der Waals surface area (Å²) < 4.78 is 5.57. The van der Waals surface area contributed by atoms with Gasteiger partial charge in [-0.1, -0.05) is 13.3 Å². The van der Waals surface area contributed by atoms with Crippen LogP contribution in [0.1, 0.15) is 30.1 Å². The third kappa shape index (κ3) is 5.20. The van der Waals surface area contributed by atoms with Gasteiger partial charge in [-0.15, -0.1) is 0 Å². The molecule has 0 heterocycles. The van der Waals surface area contributed by atoms with Crippen LogP contribution in [0.15, 0.2) is 24.3 Å². The molecule has 0 atom stereocenters. The summed E-state index contributed by atoms with van der Waals surface area (Å²) in [6.07, 6.45) is 2.34. The molecule has 0 aliphatic rings. The van der Waals surface area contributed by atoms with Gasteiger partial charge in [-0.2, -0.15) is 0 Å². The Kier molecular flexibility index (Phi) is 6.01. The van der Waals surface area contributed by atoms with Gasteiger partial charge in [0.15, 0.2) is 0 Å². The van der Waals surface area contributed by atoms with Gasteiger partial charge in [-0.3, -0.25) is 9.69 Å². The Morgan fingerprint density at radius 3 is 2.53 bits per heavy atom. The number of unbranched alkanes of at least 4 members (excludes halogenated alkanes) is 1. The Hall–Kier alpha value is -1.06. The monoisotopic (exact) mass is 255 g/mol. The molecule has 17 heavy (non-hydrogen) atoms. The van der Waals surface area contributed by atoms with Crippen molar-refractivity contribution in [2.24, 2.45) is 0 Å². The second kappa shape index (κ2) is 7.30. The summed E-state index contributed by atoms with van der Waals surface area (Å²) in [5.74, 6) is 0.745. The number of hydrogen-bond donors (Lipinski definition) is 0. The second-order valence-corrected chi connectivity index (χ2v) is 4.35. The first-order valence-corrected chi connectivity index (χ1v) is 6.12. The normalized spacial score (nSPS) is 10.6. The fourth-order valence-electron chi connectivity index (χ4n) is 1.36. The van der Waals surface area contributed by atoms with Gasteiger partial charge < -0.3 is 4.74 Å². The molecule has 1 aromatic carbocycles. The highest BCUT2D eigenvalue weighted by molar-refractivity contribution is 6.67. The Morgan fingerprint density at radius 1 is 1.35 bits per heavy atom. The molecule has 3 nitrogen and oxygen atoms in total. The molecule has 0 N–H and O–H groups in total. The van der Waals surface area contributed by atoms with E-state index in [1.54, 1.807) is 24.3 Å². The van der Waals surface area contributed by atoms with Crippen LogP contribution in [0, 0.1) is 0 Å². The molecule has 1 aromatic rings. The molecule has 4 heteroatoms. The molecule has 1 rings (SSSR count). The van der Waals surface area contributed by atoms with Crippen molar-refractivity contribution in [2.75, 3.05) is 20.3 Å². The maximum Gasteiger partial charge on any atom is 0.252 e. The van der Waals surface area contributed by atoms with Crippen molar-refractivity contribution in [3.8, 4) is 5.75 Å². The zero-order chi connectivity index (χ0) is 12.7. The van der Waals surface area contributed by atoms with Crippen LogP contribution >= 0.6 is 11.6 Å². The molecule has 0 aliphatic heterocycles. The number of hydrogen-bond acceptors (Lipinski definition) is 3. The zero-order valence-corrected chi connectivity index (χ0v) is 11.0. The topological polar surface area (TPSA) is 29.5 Å². The highest BCUT2D eigenvalue weighted by Crippen LogP contribution is 2.13. The Bertz CT molecular complexity index is 351. The number of ether oxygens (including phenoxy) is 1. The maximum absolute atomic E-state index is 10.9. The van der Waals surface area contributed by atoms with E-state index in [0.717, 1.165) is 12.3 Å². The predicted molar refractivity (Wildman–Crippen MR) is 69.7 cm³/mol. The number of carbonyl (C=O) groups excluding carboxylic acids is 1. The molecule has 0 radical (unpaired) electrons. The Morgan fingerprint density at radius 2 is 2.00 bits per heavy atom. The van der Waals surface area contributed by atoms with Crippen molar-refractivity contribution in [3.63, 3.8) is 0 Å². The summed E-state index contributed by atoms with van der Waals surface area (Å²) in [7, 11) is 2.02. The summed E-state index contributed by atoms with van der Waals surface area (Å²) in [5, 5.41) is -0.448. The summed E-state index contributed by atoms with van der Waals surface area (Å²) >= 11 is 5.35. The van der Waals surface area contributed by atoms with Gasteiger partial charge >= 0.3 is 0 Å². The lowest BCUT2D eigenvalue weighted by Crippen LogP contribution is -2.24. The summed E-state index contributed by atoms with van der Waals surface area (Å²) in [6.45, 7) is 3.74. The molecule has 94 valence electrons. The van der Waals surface area contributed by atoms with Crippen molar-refractivity contribution in [3.05, 3.63) is 29.8 Å².